The van der Waals surface area contributed by atoms with Crippen molar-refractivity contribution in [3.05, 3.63) is 65.5 Å². The van der Waals surface area contributed by atoms with Gasteiger partial charge in [-0.05, 0) is 36.5 Å². The Kier molecular flexibility index (Phi) is 4.76. The Bertz CT molecular complexity index is 886. The number of Topliss-reactive ketones (excluding diaryl/α,β-unsaturated/α-hetero) is 1. The molecule has 1 heterocycles. The average molecular weight is 334 g/mol. The highest BCUT2D eigenvalue weighted by atomic mass is 16.1. The number of carbonyl (C=O) groups is 1. The van der Waals surface area contributed by atoms with E-state index in [0.29, 0.717) is 6.42 Å². The molecule has 2 aromatic carbocycles. The van der Waals surface area contributed by atoms with Gasteiger partial charge >= 0.3 is 0 Å². The molecule has 0 aliphatic carbocycles. The summed E-state index contributed by atoms with van der Waals surface area (Å²) in [6.07, 6.45) is 1.44. The van der Waals surface area contributed by atoms with Crippen LogP contribution < -0.4 is 0 Å². The number of imidazole rings is 1. The van der Waals surface area contributed by atoms with Crippen LogP contribution in [-0.2, 0) is 6.54 Å². The van der Waals surface area contributed by atoms with Crippen LogP contribution in [0.5, 0.6) is 0 Å². The van der Waals surface area contributed by atoms with Crippen molar-refractivity contribution < 1.29 is 4.79 Å². The minimum absolute atomic E-state index is 0.159. The second-order valence-electron chi connectivity index (χ2n) is 7.89. The van der Waals surface area contributed by atoms with Crippen LogP contribution in [0.25, 0.3) is 11.0 Å². The Morgan fingerprint density at radius 3 is 2.44 bits per heavy atom. The zero-order chi connectivity index (χ0) is 18.0. The maximum Gasteiger partial charge on any atom is 0.165 e. The maximum absolute atomic E-state index is 12.7. The highest BCUT2D eigenvalue weighted by molar-refractivity contribution is 6.06. The monoisotopic (exact) mass is 334 g/mol. The summed E-state index contributed by atoms with van der Waals surface area (Å²) in [6.45, 7) is 9.27. The quantitative estimate of drug-likeness (QED) is 0.585. The van der Waals surface area contributed by atoms with Crippen LogP contribution in [0.2, 0.25) is 0 Å². The van der Waals surface area contributed by atoms with Crippen molar-refractivity contribution in [3.63, 3.8) is 0 Å². The number of carbonyl (C=O) groups excluding carboxylic acids is 1. The molecule has 0 radical (unpaired) electrons. The standard InChI is InChI=1S/C22H26N2O/c1-16-23-21-18(20(25)13-14-22(2,3)4)11-8-12-19(21)24(16)15-17-9-6-5-7-10-17/h5-12H,13-15H2,1-4H3. The molecule has 0 saturated carbocycles. The lowest BCUT2D eigenvalue weighted by Gasteiger charge is -2.17. The molecule has 1 aromatic heterocycles. The van der Waals surface area contributed by atoms with Crippen LogP contribution in [0.3, 0.4) is 0 Å². The molecule has 130 valence electrons. The van der Waals surface area contributed by atoms with Crippen molar-refractivity contribution >= 4 is 16.8 Å². The Labute approximate surface area is 149 Å². The summed E-state index contributed by atoms with van der Waals surface area (Å²) in [5.41, 5.74) is 4.00. The van der Waals surface area contributed by atoms with Gasteiger partial charge in [0, 0.05) is 18.5 Å². The fraction of sp³-hybridized carbons (Fsp3) is 0.364. The van der Waals surface area contributed by atoms with E-state index in [9.17, 15) is 4.79 Å². The zero-order valence-corrected chi connectivity index (χ0v) is 15.5. The van der Waals surface area contributed by atoms with E-state index in [1.165, 1.54) is 5.56 Å². The predicted octanol–water partition coefficient (Wildman–Crippen LogP) is 5.40. The first kappa shape index (κ1) is 17.4. The van der Waals surface area contributed by atoms with Crippen molar-refractivity contribution in [2.75, 3.05) is 0 Å². The van der Waals surface area contributed by atoms with E-state index in [0.717, 1.165) is 35.4 Å². The number of benzene rings is 2. The van der Waals surface area contributed by atoms with Gasteiger partial charge in [0.25, 0.3) is 0 Å². The van der Waals surface area contributed by atoms with Crippen molar-refractivity contribution in [1.82, 2.24) is 9.55 Å². The van der Waals surface area contributed by atoms with E-state index in [1.807, 2.05) is 37.3 Å². The van der Waals surface area contributed by atoms with Gasteiger partial charge in [0.2, 0.25) is 0 Å². The molecule has 0 spiro atoms. The fourth-order valence-corrected chi connectivity index (χ4v) is 3.08. The molecule has 0 fully saturated rings. The predicted molar refractivity (Wildman–Crippen MR) is 103 cm³/mol. The summed E-state index contributed by atoms with van der Waals surface area (Å²) in [4.78, 5) is 17.5. The molecule has 3 nitrogen and oxygen atoms in total. The number of hydrogen-bond donors (Lipinski definition) is 0. The average Bonchev–Trinajstić information content (AvgIpc) is 2.89. The first-order valence-corrected chi connectivity index (χ1v) is 8.88. The third kappa shape index (κ3) is 3.98. The normalized spacial score (nSPS) is 11.8. The molecule has 0 amide bonds. The lowest BCUT2D eigenvalue weighted by molar-refractivity contribution is 0.0967. The van der Waals surface area contributed by atoms with Gasteiger partial charge in [0.05, 0.1) is 11.0 Å². The third-order valence-electron chi connectivity index (χ3n) is 4.56. The second kappa shape index (κ2) is 6.83. The smallest absolute Gasteiger partial charge is 0.165 e. The number of nitrogens with zero attached hydrogens (tertiary/aromatic N) is 2. The lowest BCUT2D eigenvalue weighted by atomic mass is 9.88. The minimum atomic E-state index is 0.159. The van der Waals surface area contributed by atoms with E-state index < -0.39 is 0 Å². The first-order chi connectivity index (χ1) is 11.8. The van der Waals surface area contributed by atoms with Gasteiger partial charge in [-0.2, -0.15) is 0 Å². The van der Waals surface area contributed by atoms with Crippen LogP contribution in [0.1, 0.15) is 55.4 Å². The van der Waals surface area contributed by atoms with Gasteiger partial charge in [0.1, 0.15) is 5.82 Å². The summed E-state index contributed by atoms with van der Waals surface area (Å²) in [5, 5.41) is 0. The molecular weight excluding hydrogens is 308 g/mol. The van der Waals surface area contributed by atoms with Crippen molar-refractivity contribution in [1.29, 1.82) is 0 Å². The molecule has 0 N–H and O–H groups in total. The largest absolute Gasteiger partial charge is 0.324 e. The maximum atomic E-state index is 12.7. The molecule has 0 aliphatic heterocycles. The van der Waals surface area contributed by atoms with E-state index >= 15 is 0 Å². The van der Waals surface area contributed by atoms with Crippen LogP contribution in [0.15, 0.2) is 48.5 Å². The van der Waals surface area contributed by atoms with Gasteiger partial charge in [-0.3, -0.25) is 4.79 Å². The molecule has 3 aromatic rings. The van der Waals surface area contributed by atoms with E-state index in [2.05, 4.69) is 43.5 Å². The molecule has 0 saturated heterocycles. The van der Waals surface area contributed by atoms with Crippen LogP contribution in [-0.4, -0.2) is 15.3 Å². The summed E-state index contributed by atoms with van der Waals surface area (Å²) in [7, 11) is 0. The summed E-state index contributed by atoms with van der Waals surface area (Å²) in [6, 6.07) is 16.3. The van der Waals surface area contributed by atoms with Crippen LogP contribution >= 0.6 is 0 Å². The van der Waals surface area contributed by atoms with Crippen molar-refractivity contribution in [2.24, 2.45) is 5.41 Å². The summed E-state index contributed by atoms with van der Waals surface area (Å²) >= 11 is 0. The topological polar surface area (TPSA) is 34.9 Å². The number of rotatable bonds is 5. The molecule has 0 atom stereocenters. The number of fused-ring (bicyclic) bond motifs is 1. The second-order valence-corrected chi connectivity index (χ2v) is 7.89. The fourth-order valence-electron chi connectivity index (χ4n) is 3.08. The number of aromatic nitrogens is 2. The van der Waals surface area contributed by atoms with Crippen LogP contribution in [0.4, 0.5) is 0 Å². The van der Waals surface area contributed by atoms with Crippen LogP contribution in [0, 0.1) is 12.3 Å². The first-order valence-electron chi connectivity index (χ1n) is 8.88. The van der Waals surface area contributed by atoms with E-state index in [-0.39, 0.29) is 11.2 Å². The molecular formula is C22H26N2O. The Balaban J connectivity index is 1.95. The Hall–Kier alpha value is -2.42. The van der Waals surface area contributed by atoms with Crippen molar-refractivity contribution in [2.45, 2.75) is 47.1 Å². The minimum Gasteiger partial charge on any atom is -0.324 e. The molecule has 3 rings (SSSR count). The number of aryl methyl sites for hydroxylation is 1. The molecule has 0 bridgehead atoms. The molecule has 3 heteroatoms. The van der Waals surface area contributed by atoms with E-state index in [4.69, 9.17) is 4.98 Å². The Morgan fingerprint density at radius 1 is 1.04 bits per heavy atom. The molecule has 0 aliphatic rings. The van der Waals surface area contributed by atoms with Gasteiger partial charge in [0.15, 0.2) is 5.78 Å². The Morgan fingerprint density at radius 2 is 1.76 bits per heavy atom. The molecule has 0 unspecified atom stereocenters. The highest BCUT2D eigenvalue weighted by Crippen LogP contribution is 2.26. The number of ketones is 1. The SMILES string of the molecule is Cc1nc2c(C(=O)CCC(C)(C)C)cccc2n1Cc1ccccc1. The van der Waals surface area contributed by atoms with Crippen molar-refractivity contribution in [3.8, 4) is 0 Å². The molecule has 25 heavy (non-hydrogen) atoms. The van der Waals surface area contributed by atoms with E-state index in [1.54, 1.807) is 0 Å². The van der Waals surface area contributed by atoms with Gasteiger partial charge < -0.3 is 4.57 Å². The summed E-state index contributed by atoms with van der Waals surface area (Å²) in [5.74, 6) is 1.12. The number of hydrogen-bond acceptors (Lipinski definition) is 2. The van der Waals surface area contributed by atoms with Gasteiger partial charge in [-0.1, -0.05) is 57.2 Å². The van der Waals surface area contributed by atoms with Gasteiger partial charge in [-0.15, -0.1) is 0 Å². The lowest BCUT2D eigenvalue weighted by Crippen LogP contribution is -2.09. The number of para-hydroxylation sites is 1. The highest BCUT2D eigenvalue weighted by Gasteiger charge is 2.18. The third-order valence-corrected chi connectivity index (χ3v) is 4.56. The summed E-state index contributed by atoms with van der Waals surface area (Å²) < 4.78 is 2.19. The van der Waals surface area contributed by atoms with Gasteiger partial charge in [-0.25, -0.2) is 4.98 Å². The zero-order valence-electron chi connectivity index (χ0n) is 15.5.